The van der Waals surface area contributed by atoms with Crippen molar-refractivity contribution in [3.8, 4) is 6.07 Å². The molecule has 2 rings (SSSR count). The smallest absolute Gasteiger partial charge is 0.243 e. The van der Waals surface area contributed by atoms with Crippen molar-refractivity contribution in [3.05, 3.63) is 59.2 Å². The van der Waals surface area contributed by atoms with Gasteiger partial charge in [0.2, 0.25) is 5.91 Å². The van der Waals surface area contributed by atoms with E-state index in [1.807, 2.05) is 38.1 Å². The molecule has 0 heterocycles. The van der Waals surface area contributed by atoms with Crippen molar-refractivity contribution in [1.82, 2.24) is 0 Å². The zero-order chi connectivity index (χ0) is 15.2. The van der Waals surface area contributed by atoms with Gasteiger partial charge in [-0.25, -0.2) is 0 Å². The van der Waals surface area contributed by atoms with Crippen LogP contribution in [-0.4, -0.2) is 12.5 Å². The second-order valence-corrected chi connectivity index (χ2v) is 4.89. The van der Waals surface area contributed by atoms with Gasteiger partial charge in [-0.3, -0.25) is 4.79 Å². The molecule has 0 aliphatic rings. The van der Waals surface area contributed by atoms with Gasteiger partial charge in [0.15, 0.2) is 0 Å². The maximum absolute atomic E-state index is 11.9. The van der Waals surface area contributed by atoms with E-state index in [9.17, 15) is 4.79 Å². The van der Waals surface area contributed by atoms with Crippen molar-refractivity contribution in [2.24, 2.45) is 0 Å². The van der Waals surface area contributed by atoms with Crippen molar-refractivity contribution in [2.45, 2.75) is 13.8 Å². The van der Waals surface area contributed by atoms with E-state index in [4.69, 9.17) is 5.26 Å². The largest absolute Gasteiger partial charge is 0.376 e. The summed E-state index contributed by atoms with van der Waals surface area (Å²) in [5.41, 5.74) is 4.47. The summed E-state index contributed by atoms with van der Waals surface area (Å²) in [6.07, 6.45) is 0. The lowest BCUT2D eigenvalue weighted by Crippen LogP contribution is -2.21. The van der Waals surface area contributed by atoms with E-state index in [1.54, 1.807) is 24.3 Å². The van der Waals surface area contributed by atoms with Gasteiger partial charge in [-0.1, -0.05) is 12.1 Å². The zero-order valence-corrected chi connectivity index (χ0v) is 12.1. The van der Waals surface area contributed by atoms with E-state index in [1.165, 1.54) is 11.1 Å². The molecule has 4 nitrogen and oxygen atoms in total. The predicted molar refractivity (Wildman–Crippen MR) is 84.2 cm³/mol. The zero-order valence-electron chi connectivity index (χ0n) is 12.1. The number of carbonyl (C=O) groups is 1. The van der Waals surface area contributed by atoms with Crippen LogP contribution in [0.4, 0.5) is 11.4 Å². The Hall–Kier alpha value is -2.80. The molecule has 0 atom stereocenters. The first-order valence-electron chi connectivity index (χ1n) is 6.69. The van der Waals surface area contributed by atoms with Crippen molar-refractivity contribution >= 4 is 17.3 Å². The fourth-order valence-electron chi connectivity index (χ4n) is 1.91. The first kappa shape index (κ1) is 14.6. The minimum Gasteiger partial charge on any atom is -0.376 e. The van der Waals surface area contributed by atoms with Crippen LogP contribution in [0.3, 0.4) is 0 Å². The van der Waals surface area contributed by atoms with Crippen LogP contribution < -0.4 is 10.6 Å². The SMILES string of the molecule is Cc1ccc(NCC(=O)Nc2cccc(C#N)c2)cc1C. The minimum absolute atomic E-state index is 0.150. The number of amides is 1. The lowest BCUT2D eigenvalue weighted by atomic mass is 10.1. The summed E-state index contributed by atoms with van der Waals surface area (Å²) >= 11 is 0. The van der Waals surface area contributed by atoms with Crippen molar-refractivity contribution in [3.63, 3.8) is 0 Å². The monoisotopic (exact) mass is 279 g/mol. The first-order valence-corrected chi connectivity index (χ1v) is 6.69. The highest BCUT2D eigenvalue weighted by molar-refractivity contribution is 5.93. The Morgan fingerprint density at radius 3 is 2.62 bits per heavy atom. The van der Waals surface area contributed by atoms with Gasteiger partial charge in [-0.2, -0.15) is 5.26 Å². The molecule has 0 saturated heterocycles. The molecule has 0 bridgehead atoms. The van der Waals surface area contributed by atoms with Gasteiger partial charge in [0.05, 0.1) is 18.2 Å². The van der Waals surface area contributed by atoms with E-state index < -0.39 is 0 Å². The maximum atomic E-state index is 11.9. The fourth-order valence-corrected chi connectivity index (χ4v) is 1.91. The van der Waals surface area contributed by atoms with Gasteiger partial charge in [0.1, 0.15) is 0 Å². The molecular weight excluding hydrogens is 262 g/mol. The molecule has 2 N–H and O–H groups in total. The molecule has 0 unspecified atom stereocenters. The van der Waals surface area contributed by atoms with Crippen molar-refractivity contribution in [1.29, 1.82) is 5.26 Å². The Kier molecular flexibility index (Phi) is 4.57. The highest BCUT2D eigenvalue weighted by atomic mass is 16.1. The number of rotatable bonds is 4. The molecule has 106 valence electrons. The van der Waals surface area contributed by atoms with E-state index in [0.29, 0.717) is 11.3 Å². The van der Waals surface area contributed by atoms with Crippen LogP contribution >= 0.6 is 0 Å². The average molecular weight is 279 g/mol. The van der Waals surface area contributed by atoms with Gasteiger partial charge < -0.3 is 10.6 Å². The third-order valence-electron chi connectivity index (χ3n) is 3.24. The Balaban J connectivity index is 1.92. The molecule has 0 spiro atoms. The summed E-state index contributed by atoms with van der Waals surface area (Å²) in [6, 6.07) is 14.9. The number of carbonyl (C=O) groups excluding carboxylic acids is 1. The normalized spacial score (nSPS) is 9.76. The number of nitriles is 1. The summed E-state index contributed by atoms with van der Waals surface area (Å²) in [5, 5.41) is 14.7. The Labute approximate surface area is 124 Å². The van der Waals surface area contributed by atoms with E-state index in [0.717, 1.165) is 5.69 Å². The standard InChI is InChI=1S/C17H17N3O/c1-12-6-7-15(8-13(12)2)19-11-17(21)20-16-5-3-4-14(9-16)10-18/h3-9,19H,11H2,1-2H3,(H,20,21). The van der Waals surface area contributed by atoms with E-state index in [2.05, 4.69) is 10.6 Å². The molecule has 4 heteroatoms. The second kappa shape index (κ2) is 6.58. The van der Waals surface area contributed by atoms with Gasteiger partial charge in [-0.05, 0) is 55.3 Å². The number of hydrogen-bond donors (Lipinski definition) is 2. The quantitative estimate of drug-likeness (QED) is 0.903. The van der Waals surface area contributed by atoms with Gasteiger partial charge in [0.25, 0.3) is 0 Å². The molecular formula is C17H17N3O. The summed E-state index contributed by atoms with van der Waals surface area (Å²) in [6.45, 7) is 4.27. The summed E-state index contributed by atoms with van der Waals surface area (Å²) in [5.74, 6) is -0.150. The Bertz CT molecular complexity index is 701. The van der Waals surface area contributed by atoms with Crippen LogP contribution in [0.1, 0.15) is 16.7 Å². The van der Waals surface area contributed by atoms with Gasteiger partial charge >= 0.3 is 0 Å². The van der Waals surface area contributed by atoms with E-state index in [-0.39, 0.29) is 12.5 Å². The fraction of sp³-hybridized carbons (Fsp3) is 0.176. The molecule has 0 fully saturated rings. The molecule has 0 aliphatic carbocycles. The number of nitrogens with one attached hydrogen (secondary N) is 2. The molecule has 0 aromatic heterocycles. The lowest BCUT2D eigenvalue weighted by Gasteiger charge is -2.09. The van der Waals surface area contributed by atoms with Crippen LogP contribution in [-0.2, 0) is 4.79 Å². The van der Waals surface area contributed by atoms with Gasteiger partial charge in [-0.15, -0.1) is 0 Å². The van der Waals surface area contributed by atoms with Crippen LogP contribution in [0.2, 0.25) is 0 Å². The molecule has 2 aromatic carbocycles. The molecule has 0 saturated carbocycles. The minimum atomic E-state index is -0.150. The molecule has 0 aliphatic heterocycles. The Morgan fingerprint density at radius 1 is 1.10 bits per heavy atom. The number of nitrogens with zero attached hydrogens (tertiary/aromatic N) is 1. The van der Waals surface area contributed by atoms with Crippen LogP contribution in [0, 0.1) is 25.2 Å². The third kappa shape index (κ3) is 4.08. The highest BCUT2D eigenvalue weighted by Gasteiger charge is 2.03. The third-order valence-corrected chi connectivity index (χ3v) is 3.24. The van der Waals surface area contributed by atoms with Crippen molar-refractivity contribution < 1.29 is 4.79 Å². The first-order chi connectivity index (χ1) is 10.1. The van der Waals surface area contributed by atoms with Crippen LogP contribution in [0.15, 0.2) is 42.5 Å². The summed E-state index contributed by atoms with van der Waals surface area (Å²) in [7, 11) is 0. The molecule has 21 heavy (non-hydrogen) atoms. The van der Waals surface area contributed by atoms with Gasteiger partial charge in [0, 0.05) is 11.4 Å². The molecule has 0 radical (unpaired) electrons. The van der Waals surface area contributed by atoms with Crippen LogP contribution in [0.25, 0.3) is 0 Å². The molecule has 2 aromatic rings. The topological polar surface area (TPSA) is 64.9 Å². The van der Waals surface area contributed by atoms with Crippen molar-refractivity contribution in [2.75, 3.05) is 17.2 Å². The second-order valence-electron chi connectivity index (χ2n) is 4.89. The maximum Gasteiger partial charge on any atom is 0.243 e. The summed E-state index contributed by atoms with van der Waals surface area (Å²) in [4.78, 5) is 11.9. The number of aryl methyl sites for hydroxylation is 2. The lowest BCUT2D eigenvalue weighted by molar-refractivity contribution is -0.114. The number of benzene rings is 2. The molecule has 1 amide bonds. The van der Waals surface area contributed by atoms with Crippen LogP contribution in [0.5, 0.6) is 0 Å². The number of anilines is 2. The highest BCUT2D eigenvalue weighted by Crippen LogP contribution is 2.14. The Morgan fingerprint density at radius 2 is 1.90 bits per heavy atom. The number of hydrogen-bond acceptors (Lipinski definition) is 3. The average Bonchev–Trinajstić information content (AvgIpc) is 2.48. The summed E-state index contributed by atoms with van der Waals surface area (Å²) < 4.78 is 0. The van der Waals surface area contributed by atoms with E-state index >= 15 is 0 Å². The predicted octanol–water partition coefficient (Wildman–Crippen LogP) is 3.23.